The number of β-amino-alcohol motifs (C(OH)–C–C–N with tert-alkyl or cyclic N) is 1. The average Bonchev–Trinajstić information content (AvgIpc) is 2.94. The van der Waals surface area contributed by atoms with E-state index in [2.05, 4.69) is 0 Å². The van der Waals surface area contributed by atoms with Gasteiger partial charge in [-0.15, -0.1) is 0 Å². The number of aliphatic hydroxyl groups excluding tert-OH is 6. The Hall–Kier alpha value is -0.705. The number of nitrogens with zero attached hydrogens (tertiary/aromatic N) is 5. The second-order valence-electron chi connectivity index (χ2n) is 11.8. The van der Waals surface area contributed by atoms with Gasteiger partial charge >= 0.3 is 39.9 Å². The van der Waals surface area contributed by atoms with Crippen molar-refractivity contribution >= 4 is 17.9 Å². The molecule has 1 radical (unpaired) electrons. The van der Waals surface area contributed by atoms with Crippen LogP contribution in [0.4, 0.5) is 0 Å². The number of carboxylic acid groups (broad SMARTS) is 3. The van der Waals surface area contributed by atoms with Crippen molar-refractivity contribution in [3.63, 3.8) is 0 Å². The van der Waals surface area contributed by atoms with Crippen molar-refractivity contribution in [3.05, 3.63) is 0 Å². The number of hydrogen-bond acceptors (Lipinski definition) is 17. The Morgan fingerprint density at radius 2 is 0.864 bits per heavy atom. The van der Waals surface area contributed by atoms with Gasteiger partial charge in [0, 0.05) is 98.2 Å². The number of likely N-dealkylation sites (tertiary alicyclic amines) is 1. The number of aliphatic hydroxyl groups is 6. The van der Waals surface area contributed by atoms with Gasteiger partial charge in [-0.25, -0.2) is 0 Å². The quantitative estimate of drug-likeness (QED) is 0.0957. The molecule has 1 unspecified atom stereocenters. The van der Waals surface area contributed by atoms with Crippen LogP contribution >= 0.6 is 0 Å². The molecule has 0 aromatic carbocycles. The number of carbonyl (C=O) groups is 3. The van der Waals surface area contributed by atoms with Gasteiger partial charge in [-0.1, -0.05) is 0 Å². The van der Waals surface area contributed by atoms with Crippen LogP contribution < -0.4 is 15.3 Å². The summed E-state index contributed by atoms with van der Waals surface area (Å²) in [7, 11) is 0. The Bertz CT molecular complexity index is 843. The molecule has 17 nitrogen and oxygen atoms in total. The average molecular weight is 778 g/mol. The molecule has 6 N–H and O–H groups in total. The number of rotatable bonds is 14. The fourth-order valence-corrected chi connectivity index (χ4v) is 5.98. The van der Waals surface area contributed by atoms with E-state index in [-0.39, 0.29) is 118 Å². The molecule has 255 valence electrons. The summed E-state index contributed by atoms with van der Waals surface area (Å²) in [4.78, 5) is 42.1. The maximum atomic E-state index is 11.4. The smallest absolute Gasteiger partial charge is 0.549 e. The zero-order chi connectivity index (χ0) is 32.2. The molecule has 2 aliphatic heterocycles. The second-order valence-corrected chi connectivity index (χ2v) is 11.8. The van der Waals surface area contributed by atoms with Crippen LogP contribution in [0.15, 0.2) is 0 Å². The number of carbonyl (C=O) groups excluding carboxylic acids is 3. The molecule has 2 rings (SSSR count). The summed E-state index contributed by atoms with van der Waals surface area (Å²) in [6, 6.07) is 0. The molecule has 18 heteroatoms. The van der Waals surface area contributed by atoms with Crippen LogP contribution in [0.5, 0.6) is 0 Å². The summed E-state index contributed by atoms with van der Waals surface area (Å²) in [6.45, 7) is -2.08. The van der Waals surface area contributed by atoms with Gasteiger partial charge in [0.1, 0.15) is 0 Å². The van der Waals surface area contributed by atoms with E-state index in [1.54, 1.807) is 14.7 Å². The molecule has 0 saturated carbocycles. The molecule has 0 aromatic heterocycles. The first-order valence-corrected chi connectivity index (χ1v) is 14.3. The van der Waals surface area contributed by atoms with Crippen LogP contribution in [0.1, 0.15) is 0 Å². The largest absolute Gasteiger partial charge is 3.00 e. The van der Waals surface area contributed by atoms with Crippen LogP contribution in [-0.2, 0) is 14.4 Å². The predicted molar refractivity (Wildman–Crippen MR) is 142 cm³/mol. The van der Waals surface area contributed by atoms with Gasteiger partial charge in [0.05, 0.1) is 67.4 Å². The molecule has 2 saturated heterocycles. The van der Waals surface area contributed by atoms with E-state index < -0.39 is 87.0 Å². The Morgan fingerprint density at radius 1 is 0.591 bits per heavy atom. The molecule has 0 aliphatic carbocycles. The van der Waals surface area contributed by atoms with E-state index in [4.69, 9.17) is 0 Å². The van der Waals surface area contributed by atoms with Gasteiger partial charge in [0.25, 0.3) is 0 Å². The molecule has 44 heavy (non-hydrogen) atoms. The van der Waals surface area contributed by atoms with Crippen molar-refractivity contribution in [1.29, 1.82) is 0 Å². The summed E-state index contributed by atoms with van der Waals surface area (Å²) in [5.41, 5.74) is -2.92. The predicted octanol–water partition coefficient (Wildman–Crippen LogP) is -9.56. The van der Waals surface area contributed by atoms with Crippen LogP contribution in [0.25, 0.3) is 0 Å². The third-order valence-electron chi connectivity index (χ3n) is 8.42. The maximum Gasteiger partial charge on any atom is 3.00 e. The summed E-state index contributed by atoms with van der Waals surface area (Å²) in [5, 5.41) is 96.0. The van der Waals surface area contributed by atoms with E-state index in [9.17, 15) is 60.3 Å². The molecule has 2 heterocycles. The third kappa shape index (κ3) is 12.5. The number of aliphatic carboxylic acids is 3. The van der Waals surface area contributed by atoms with Crippen molar-refractivity contribution in [2.45, 2.75) is 12.2 Å². The van der Waals surface area contributed by atoms with Crippen LogP contribution in [-0.4, -0.2) is 210 Å². The van der Waals surface area contributed by atoms with Crippen LogP contribution in [0, 0.1) is 50.8 Å². The fourth-order valence-electron chi connectivity index (χ4n) is 5.98. The molecule has 0 amide bonds. The minimum atomic E-state index is -1.46. The monoisotopic (exact) mass is 778 g/mol. The van der Waals surface area contributed by atoms with E-state index >= 15 is 0 Å². The van der Waals surface area contributed by atoms with Crippen LogP contribution in [0.3, 0.4) is 0 Å². The van der Waals surface area contributed by atoms with E-state index in [1.165, 1.54) is 4.90 Å². The van der Waals surface area contributed by atoms with E-state index in [0.29, 0.717) is 0 Å². The first-order chi connectivity index (χ1) is 20.3. The summed E-state index contributed by atoms with van der Waals surface area (Å²) in [6.07, 6.45) is -2.46. The molecule has 0 aromatic rings. The van der Waals surface area contributed by atoms with Gasteiger partial charge in [0.15, 0.2) is 0 Å². The Kier molecular flexibility index (Phi) is 18.6. The molecule has 2 aliphatic rings. The second kappa shape index (κ2) is 19.8. The number of piperidine rings is 1. The number of hydrogen-bond donors (Lipinski definition) is 6. The minimum absolute atomic E-state index is 0. The van der Waals surface area contributed by atoms with Gasteiger partial charge in [-0.3, -0.25) is 24.5 Å². The molecular weight excluding hydrogens is 732 g/mol. The van der Waals surface area contributed by atoms with Gasteiger partial charge < -0.3 is 60.3 Å². The topological polar surface area (TPSA) is 258 Å². The van der Waals surface area contributed by atoms with Gasteiger partial charge in [-0.05, 0) is 0 Å². The normalized spacial score (nSPS) is 22.8. The SMILES string of the molecule is O=C([O-])CN1CCN(CC(=O)[O-])CCN(CC(O)CN2CC(CO)(CO)C(O)C(CO)(CO)C2)CCN(CC(=O)[O-])CC1.[Gd+3]. The molecule has 0 bridgehead atoms. The van der Waals surface area contributed by atoms with Crippen molar-refractivity contribution in [3.8, 4) is 0 Å². The van der Waals surface area contributed by atoms with Crippen molar-refractivity contribution in [1.82, 2.24) is 24.5 Å². The summed E-state index contributed by atoms with van der Waals surface area (Å²) >= 11 is 0. The zero-order valence-corrected chi connectivity index (χ0v) is 27.1. The fraction of sp³-hybridized carbons (Fsp3) is 0.885. The summed E-state index contributed by atoms with van der Waals surface area (Å²) in [5.74, 6) is -3.95. The standard InChI is InChI=1S/C26H49N5O12.Gd/c32-16-25(17-33)14-31(15-26(18-34,19-35)24(25)43)10-20(36)9-27-1-3-28(11-21(37)38)5-7-30(13-23(41)42)8-6-29(4-2-27)12-22(39)40;/h20,24,32-36,43H,1-19H2,(H,37,38)(H,39,40)(H,41,42);/q;+3/p-3. The molecule has 0 spiro atoms. The third-order valence-corrected chi connectivity index (χ3v) is 8.42. The Balaban J connectivity index is 0.00000968. The first-order valence-electron chi connectivity index (χ1n) is 14.3. The Labute approximate surface area is 288 Å². The first kappa shape index (κ1) is 41.3. The number of carboxylic acids is 3. The van der Waals surface area contributed by atoms with E-state index in [0.717, 1.165) is 0 Å². The summed E-state index contributed by atoms with van der Waals surface area (Å²) < 4.78 is 0. The van der Waals surface area contributed by atoms with Crippen molar-refractivity contribution in [2.24, 2.45) is 10.8 Å². The molecule has 1 atom stereocenters. The molecule has 2 fully saturated rings. The van der Waals surface area contributed by atoms with Crippen LogP contribution in [0.2, 0.25) is 0 Å². The maximum absolute atomic E-state index is 11.4. The zero-order valence-electron chi connectivity index (χ0n) is 24.8. The van der Waals surface area contributed by atoms with Gasteiger partial charge in [0.2, 0.25) is 0 Å². The van der Waals surface area contributed by atoms with Crippen molar-refractivity contribution in [2.75, 3.05) is 125 Å². The van der Waals surface area contributed by atoms with E-state index in [1.807, 2.05) is 4.90 Å². The van der Waals surface area contributed by atoms with Crippen molar-refractivity contribution < 1.29 is 100 Å². The minimum Gasteiger partial charge on any atom is -0.549 e. The van der Waals surface area contributed by atoms with Gasteiger partial charge in [-0.2, -0.15) is 0 Å². The molecular formula is C26H46GdN5O12. The Morgan fingerprint density at radius 3 is 1.14 bits per heavy atom.